The molecule has 0 spiro atoms. The van der Waals surface area contributed by atoms with Crippen molar-refractivity contribution in [3.8, 4) is 5.75 Å². The van der Waals surface area contributed by atoms with Gasteiger partial charge in [0, 0.05) is 5.56 Å². The molecule has 0 saturated carbocycles. The summed E-state index contributed by atoms with van der Waals surface area (Å²) in [6.07, 6.45) is 0. The molecule has 0 atom stereocenters. The molecule has 21 heavy (non-hydrogen) atoms. The van der Waals surface area contributed by atoms with Crippen LogP contribution in [0.5, 0.6) is 5.75 Å². The Balaban J connectivity index is 2.07. The van der Waals surface area contributed by atoms with Gasteiger partial charge in [0.1, 0.15) is 15.6 Å². The number of thiazole rings is 1. The van der Waals surface area contributed by atoms with Crippen LogP contribution in [0.15, 0.2) is 18.2 Å². The molecule has 1 amide bonds. The predicted molar refractivity (Wildman–Crippen MR) is 77.8 cm³/mol. The number of carbonyl (C=O) groups excluding carboxylic acids is 1. The van der Waals surface area contributed by atoms with E-state index in [1.165, 1.54) is 18.2 Å². The smallest absolute Gasteiger partial charge is 0.347 e. The molecular weight excluding hydrogens is 292 g/mol. The monoisotopic (exact) mass is 306 g/mol. The number of benzene rings is 1. The molecule has 1 heterocycles. The molecule has 6 nitrogen and oxygen atoms in total. The molecule has 3 N–H and O–H groups in total. The van der Waals surface area contributed by atoms with Crippen molar-refractivity contribution < 1.29 is 19.8 Å². The minimum atomic E-state index is -1.02. The molecule has 110 valence electrons. The number of carboxylic acids is 1. The fourth-order valence-electron chi connectivity index (χ4n) is 1.88. The normalized spacial score (nSPS) is 10.4. The Morgan fingerprint density at radius 2 is 2.05 bits per heavy atom. The average molecular weight is 306 g/mol. The summed E-state index contributed by atoms with van der Waals surface area (Å²) in [5.74, 6) is -1.21. The van der Waals surface area contributed by atoms with Gasteiger partial charge in [0.05, 0.1) is 12.2 Å². The number of aryl methyl sites for hydroxylation is 2. The summed E-state index contributed by atoms with van der Waals surface area (Å²) >= 11 is 1.05. The van der Waals surface area contributed by atoms with Gasteiger partial charge < -0.3 is 15.5 Å². The number of phenolic OH excluding ortho intramolecular Hbond substituents is 1. The number of aromatic hydroxyl groups is 1. The molecule has 2 rings (SSSR count). The highest BCUT2D eigenvalue weighted by atomic mass is 32.1. The lowest BCUT2D eigenvalue weighted by Crippen LogP contribution is -2.23. The number of aromatic carboxylic acids is 1. The van der Waals surface area contributed by atoms with Crippen LogP contribution in [0.1, 0.15) is 36.3 Å². The maximum atomic E-state index is 12.0. The molecule has 0 aliphatic carbocycles. The number of amides is 1. The third kappa shape index (κ3) is 3.38. The van der Waals surface area contributed by atoms with E-state index in [9.17, 15) is 14.7 Å². The fourth-order valence-corrected chi connectivity index (χ4v) is 2.72. The van der Waals surface area contributed by atoms with Gasteiger partial charge in [-0.25, -0.2) is 9.78 Å². The van der Waals surface area contributed by atoms with E-state index in [-0.39, 0.29) is 23.1 Å². The number of hydrogen-bond acceptors (Lipinski definition) is 5. The van der Waals surface area contributed by atoms with Gasteiger partial charge in [-0.3, -0.25) is 4.79 Å². The number of carboxylic acid groups (broad SMARTS) is 1. The van der Waals surface area contributed by atoms with Crippen molar-refractivity contribution in [1.82, 2.24) is 10.3 Å². The molecule has 0 radical (unpaired) electrons. The van der Waals surface area contributed by atoms with Crippen molar-refractivity contribution in [2.24, 2.45) is 0 Å². The van der Waals surface area contributed by atoms with Gasteiger partial charge in [-0.15, -0.1) is 11.3 Å². The quantitative estimate of drug-likeness (QED) is 0.803. The Kier molecular flexibility index (Phi) is 4.23. The highest BCUT2D eigenvalue weighted by Gasteiger charge is 2.15. The van der Waals surface area contributed by atoms with Gasteiger partial charge in [0.2, 0.25) is 0 Å². The maximum Gasteiger partial charge on any atom is 0.347 e. The van der Waals surface area contributed by atoms with Crippen LogP contribution in [0.3, 0.4) is 0 Å². The largest absolute Gasteiger partial charge is 0.508 e. The SMILES string of the molecule is Cc1cc(O)ccc1C(=O)NCc1nc(C)c(C(=O)O)s1. The van der Waals surface area contributed by atoms with Gasteiger partial charge >= 0.3 is 5.97 Å². The van der Waals surface area contributed by atoms with Crippen molar-refractivity contribution in [2.45, 2.75) is 20.4 Å². The first kappa shape index (κ1) is 15.0. The summed E-state index contributed by atoms with van der Waals surface area (Å²) in [6, 6.07) is 4.48. The topological polar surface area (TPSA) is 99.5 Å². The number of hydrogen-bond donors (Lipinski definition) is 3. The summed E-state index contributed by atoms with van der Waals surface area (Å²) < 4.78 is 0. The van der Waals surface area contributed by atoms with Crippen LogP contribution >= 0.6 is 11.3 Å². The molecular formula is C14H14N2O4S. The van der Waals surface area contributed by atoms with Gasteiger partial charge in [-0.05, 0) is 37.6 Å². The number of phenols is 1. The predicted octanol–water partition coefficient (Wildman–Crippen LogP) is 2.09. The first-order chi connectivity index (χ1) is 9.88. The minimum Gasteiger partial charge on any atom is -0.508 e. The molecule has 0 saturated heterocycles. The summed E-state index contributed by atoms with van der Waals surface area (Å²) in [4.78, 5) is 27.3. The highest BCUT2D eigenvalue weighted by molar-refractivity contribution is 7.13. The molecule has 7 heteroatoms. The number of nitrogens with zero attached hydrogens (tertiary/aromatic N) is 1. The summed E-state index contributed by atoms with van der Waals surface area (Å²) in [5, 5.41) is 21.5. The Labute approximate surface area is 125 Å². The molecule has 0 bridgehead atoms. The Hall–Kier alpha value is -2.41. The van der Waals surface area contributed by atoms with Crippen molar-refractivity contribution in [1.29, 1.82) is 0 Å². The van der Waals surface area contributed by atoms with Crippen molar-refractivity contribution >= 4 is 23.2 Å². The van der Waals surface area contributed by atoms with Crippen LogP contribution in [-0.2, 0) is 6.54 Å². The standard InChI is InChI=1S/C14H14N2O4S/c1-7-5-9(17)3-4-10(7)13(18)15-6-11-16-8(2)12(21-11)14(19)20/h3-5,17H,6H2,1-2H3,(H,15,18)(H,19,20). The maximum absolute atomic E-state index is 12.0. The van der Waals surface area contributed by atoms with Crippen molar-refractivity contribution in [3.63, 3.8) is 0 Å². The Bertz CT molecular complexity index is 709. The zero-order valence-corrected chi connectivity index (χ0v) is 12.3. The van der Waals surface area contributed by atoms with E-state index in [0.717, 1.165) is 11.3 Å². The van der Waals surface area contributed by atoms with Crippen LogP contribution < -0.4 is 5.32 Å². The van der Waals surface area contributed by atoms with Gasteiger partial charge in [0.25, 0.3) is 5.91 Å². The third-order valence-electron chi connectivity index (χ3n) is 2.89. The molecule has 1 aromatic carbocycles. The van der Waals surface area contributed by atoms with Crippen LogP contribution in [0.4, 0.5) is 0 Å². The third-order valence-corrected chi connectivity index (χ3v) is 4.04. The number of rotatable bonds is 4. The summed E-state index contributed by atoms with van der Waals surface area (Å²) in [6.45, 7) is 3.51. The molecule has 2 aromatic rings. The van der Waals surface area contributed by atoms with E-state index >= 15 is 0 Å². The van der Waals surface area contributed by atoms with Gasteiger partial charge in [0.15, 0.2) is 0 Å². The lowest BCUT2D eigenvalue weighted by Gasteiger charge is -2.06. The second-order valence-corrected chi connectivity index (χ2v) is 5.59. The molecule has 0 unspecified atom stereocenters. The van der Waals surface area contributed by atoms with Crippen molar-refractivity contribution in [2.75, 3.05) is 0 Å². The Morgan fingerprint density at radius 1 is 1.33 bits per heavy atom. The van der Waals surface area contributed by atoms with Crippen LogP contribution in [0.25, 0.3) is 0 Å². The van der Waals surface area contributed by atoms with Gasteiger partial charge in [-0.2, -0.15) is 0 Å². The first-order valence-electron chi connectivity index (χ1n) is 6.16. The fraction of sp³-hybridized carbons (Fsp3) is 0.214. The lowest BCUT2D eigenvalue weighted by atomic mass is 10.1. The second-order valence-electron chi connectivity index (χ2n) is 4.51. The highest BCUT2D eigenvalue weighted by Crippen LogP contribution is 2.19. The van der Waals surface area contributed by atoms with Gasteiger partial charge in [-0.1, -0.05) is 0 Å². The first-order valence-corrected chi connectivity index (χ1v) is 6.97. The molecule has 0 aliphatic heterocycles. The number of carbonyl (C=O) groups is 2. The van der Waals surface area contributed by atoms with Crippen LogP contribution in [0.2, 0.25) is 0 Å². The van der Waals surface area contributed by atoms with E-state index in [2.05, 4.69) is 10.3 Å². The second kappa shape index (κ2) is 5.92. The van der Waals surface area contributed by atoms with E-state index in [0.29, 0.717) is 21.8 Å². The Morgan fingerprint density at radius 3 is 2.62 bits per heavy atom. The van der Waals surface area contributed by atoms with E-state index in [4.69, 9.17) is 5.11 Å². The lowest BCUT2D eigenvalue weighted by molar-refractivity contribution is 0.0701. The zero-order valence-electron chi connectivity index (χ0n) is 11.5. The summed E-state index contributed by atoms with van der Waals surface area (Å²) in [7, 11) is 0. The number of aromatic nitrogens is 1. The van der Waals surface area contributed by atoms with E-state index in [1.807, 2.05) is 0 Å². The molecule has 0 aliphatic rings. The molecule has 0 fully saturated rings. The zero-order chi connectivity index (χ0) is 15.6. The molecule has 1 aromatic heterocycles. The van der Waals surface area contributed by atoms with Crippen molar-refractivity contribution in [3.05, 3.63) is 44.9 Å². The number of nitrogens with one attached hydrogen (secondary N) is 1. The average Bonchev–Trinajstić information content (AvgIpc) is 2.77. The van der Waals surface area contributed by atoms with Crippen LogP contribution in [0, 0.1) is 13.8 Å². The van der Waals surface area contributed by atoms with E-state index in [1.54, 1.807) is 13.8 Å². The van der Waals surface area contributed by atoms with E-state index < -0.39 is 5.97 Å². The summed E-state index contributed by atoms with van der Waals surface area (Å²) in [5.41, 5.74) is 1.56. The van der Waals surface area contributed by atoms with Crippen LogP contribution in [-0.4, -0.2) is 27.1 Å². The minimum absolute atomic E-state index is 0.102.